The predicted octanol–water partition coefficient (Wildman–Crippen LogP) is 3.44. The molecule has 2 aromatic carbocycles. The maximum atomic E-state index is 13.7. The summed E-state index contributed by atoms with van der Waals surface area (Å²) < 4.78 is 40.9. The van der Waals surface area contributed by atoms with E-state index in [0.29, 0.717) is 11.4 Å². The fraction of sp³-hybridized carbons (Fsp3) is 0.200. The summed E-state index contributed by atoms with van der Waals surface area (Å²) in [5.74, 6) is -0.751. The van der Waals surface area contributed by atoms with Gasteiger partial charge >= 0.3 is 0 Å². The van der Waals surface area contributed by atoms with Crippen LogP contribution in [-0.4, -0.2) is 8.42 Å². The molecule has 0 heterocycles. The van der Waals surface area contributed by atoms with Crippen molar-refractivity contribution >= 4 is 21.6 Å². The van der Waals surface area contributed by atoms with Crippen LogP contribution in [0.1, 0.15) is 23.6 Å². The van der Waals surface area contributed by atoms with E-state index in [1.807, 2.05) is 12.1 Å². The van der Waals surface area contributed by atoms with Crippen molar-refractivity contribution in [3.8, 4) is 0 Å². The molecular weight excluding hydrogens is 313 g/mol. The van der Waals surface area contributed by atoms with Gasteiger partial charge in [0.15, 0.2) is 0 Å². The summed E-state index contributed by atoms with van der Waals surface area (Å²) in [6.45, 7) is 0. The Balaban J connectivity index is 1.91. The van der Waals surface area contributed by atoms with Crippen molar-refractivity contribution in [1.29, 1.82) is 0 Å². The van der Waals surface area contributed by atoms with Gasteiger partial charge in [-0.1, -0.05) is 29.8 Å². The van der Waals surface area contributed by atoms with Gasteiger partial charge < -0.3 is 0 Å². The third-order valence-corrected chi connectivity index (χ3v) is 5.35. The van der Waals surface area contributed by atoms with Gasteiger partial charge in [-0.05, 0) is 48.2 Å². The minimum Gasteiger partial charge on any atom is -0.207 e. The summed E-state index contributed by atoms with van der Waals surface area (Å²) in [6, 6.07) is 10.4. The lowest BCUT2D eigenvalue weighted by Gasteiger charge is -2.15. The third kappa shape index (κ3) is 2.81. The molecule has 0 saturated heterocycles. The third-order valence-electron chi connectivity index (χ3n) is 3.61. The van der Waals surface area contributed by atoms with Crippen LogP contribution in [0.25, 0.3) is 0 Å². The summed E-state index contributed by atoms with van der Waals surface area (Å²) in [6.07, 6.45) is 1.39. The number of hydrogen-bond donors (Lipinski definition) is 1. The number of rotatable bonds is 3. The van der Waals surface area contributed by atoms with E-state index in [2.05, 4.69) is 4.72 Å². The Kier molecular flexibility index (Phi) is 3.73. The van der Waals surface area contributed by atoms with Crippen LogP contribution in [0.15, 0.2) is 47.4 Å². The zero-order valence-electron chi connectivity index (χ0n) is 11.0. The Morgan fingerprint density at radius 3 is 2.71 bits per heavy atom. The molecule has 1 aliphatic carbocycles. The lowest BCUT2D eigenvalue weighted by molar-refractivity contribution is 0.538. The van der Waals surface area contributed by atoms with Gasteiger partial charge in [0.05, 0.1) is 0 Å². The van der Waals surface area contributed by atoms with Gasteiger partial charge in [-0.25, -0.2) is 17.5 Å². The monoisotopic (exact) mass is 325 g/mol. The molecule has 1 unspecified atom stereocenters. The molecule has 0 spiro atoms. The SMILES string of the molecule is O=S(=O)(NC1CCc2cc(Cl)ccc21)c1ccccc1F. The first-order valence-corrected chi connectivity index (χ1v) is 8.39. The molecular formula is C15H13ClFNO2S. The standard InChI is InChI=1S/C15H13ClFNO2S/c16-11-6-7-12-10(9-11)5-8-14(12)18-21(19,20)15-4-2-1-3-13(15)17/h1-4,6-7,9,14,18H,5,8H2. The molecule has 6 heteroatoms. The highest BCUT2D eigenvalue weighted by Gasteiger charge is 2.28. The van der Waals surface area contributed by atoms with Crippen LogP contribution in [0.5, 0.6) is 0 Å². The average Bonchev–Trinajstić information content (AvgIpc) is 2.80. The van der Waals surface area contributed by atoms with Gasteiger partial charge in [-0.15, -0.1) is 0 Å². The molecule has 0 aromatic heterocycles. The molecule has 1 atom stereocenters. The summed E-state index contributed by atoms with van der Waals surface area (Å²) >= 11 is 5.93. The van der Waals surface area contributed by atoms with Crippen molar-refractivity contribution in [1.82, 2.24) is 4.72 Å². The second-order valence-corrected chi connectivity index (χ2v) is 7.10. The molecule has 3 rings (SSSR count). The Bertz CT molecular complexity index is 792. The van der Waals surface area contributed by atoms with Crippen molar-refractivity contribution < 1.29 is 12.8 Å². The van der Waals surface area contributed by atoms with E-state index >= 15 is 0 Å². The van der Waals surface area contributed by atoms with Crippen LogP contribution < -0.4 is 4.72 Å². The first kappa shape index (κ1) is 14.5. The summed E-state index contributed by atoms with van der Waals surface area (Å²) in [5, 5.41) is 0.631. The molecule has 0 saturated carbocycles. The molecule has 1 aliphatic rings. The average molecular weight is 326 g/mol. The minimum atomic E-state index is -3.89. The second kappa shape index (κ2) is 5.40. The van der Waals surface area contributed by atoms with Crippen LogP contribution >= 0.6 is 11.6 Å². The maximum absolute atomic E-state index is 13.7. The summed E-state index contributed by atoms with van der Waals surface area (Å²) in [7, 11) is -3.89. The number of sulfonamides is 1. The normalized spacial score (nSPS) is 17.7. The number of halogens is 2. The van der Waals surface area contributed by atoms with E-state index < -0.39 is 15.8 Å². The van der Waals surface area contributed by atoms with Crippen molar-refractivity contribution in [3.05, 3.63) is 64.4 Å². The molecule has 3 nitrogen and oxygen atoms in total. The highest BCUT2D eigenvalue weighted by molar-refractivity contribution is 7.89. The number of hydrogen-bond acceptors (Lipinski definition) is 2. The fourth-order valence-corrected chi connectivity index (χ4v) is 4.15. The lowest BCUT2D eigenvalue weighted by Crippen LogP contribution is -2.28. The Morgan fingerprint density at radius 2 is 1.95 bits per heavy atom. The molecule has 1 N–H and O–H groups in total. The predicted molar refractivity (Wildman–Crippen MR) is 79.2 cm³/mol. The largest absolute Gasteiger partial charge is 0.244 e. The van der Waals surface area contributed by atoms with E-state index in [0.717, 1.165) is 23.6 Å². The van der Waals surface area contributed by atoms with Crippen molar-refractivity contribution in [2.75, 3.05) is 0 Å². The molecule has 0 aliphatic heterocycles. The Labute approximate surface area is 127 Å². The van der Waals surface area contributed by atoms with Crippen molar-refractivity contribution in [3.63, 3.8) is 0 Å². The number of nitrogens with one attached hydrogen (secondary N) is 1. The summed E-state index contributed by atoms with van der Waals surface area (Å²) in [4.78, 5) is -0.326. The second-order valence-electron chi connectivity index (χ2n) is 4.99. The van der Waals surface area contributed by atoms with E-state index in [-0.39, 0.29) is 10.9 Å². The van der Waals surface area contributed by atoms with Gasteiger partial charge in [0.2, 0.25) is 10.0 Å². The minimum absolute atomic E-state index is 0.326. The van der Waals surface area contributed by atoms with Crippen molar-refractivity contribution in [2.45, 2.75) is 23.8 Å². The van der Waals surface area contributed by atoms with Crippen LogP contribution in [0.2, 0.25) is 5.02 Å². The Hall–Kier alpha value is -1.43. The zero-order chi connectivity index (χ0) is 15.0. The molecule has 0 fully saturated rings. The van der Waals surface area contributed by atoms with Crippen LogP contribution in [-0.2, 0) is 16.4 Å². The highest BCUT2D eigenvalue weighted by Crippen LogP contribution is 2.34. The van der Waals surface area contributed by atoms with Crippen LogP contribution in [0.3, 0.4) is 0 Å². The fourth-order valence-electron chi connectivity index (χ4n) is 2.62. The molecule has 21 heavy (non-hydrogen) atoms. The van der Waals surface area contributed by atoms with E-state index in [4.69, 9.17) is 11.6 Å². The topological polar surface area (TPSA) is 46.2 Å². The number of fused-ring (bicyclic) bond motifs is 1. The smallest absolute Gasteiger partial charge is 0.207 e. The van der Waals surface area contributed by atoms with Gasteiger partial charge in [-0.2, -0.15) is 0 Å². The number of benzene rings is 2. The molecule has 2 aromatic rings. The van der Waals surface area contributed by atoms with Gasteiger partial charge in [-0.3, -0.25) is 0 Å². The first-order chi connectivity index (χ1) is 9.97. The first-order valence-electron chi connectivity index (χ1n) is 6.52. The zero-order valence-corrected chi connectivity index (χ0v) is 12.6. The van der Waals surface area contributed by atoms with E-state index in [9.17, 15) is 12.8 Å². The maximum Gasteiger partial charge on any atom is 0.244 e. The van der Waals surface area contributed by atoms with Gasteiger partial charge in [0.25, 0.3) is 0 Å². The summed E-state index contributed by atoms with van der Waals surface area (Å²) in [5.41, 5.74) is 1.93. The van der Waals surface area contributed by atoms with Gasteiger partial charge in [0.1, 0.15) is 10.7 Å². The molecule has 0 bridgehead atoms. The highest BCUT2D eigenvalue weighted by atomic mass is 35.5. The van der Waals surface area contributed by atoms with Crippen LogP contribution in [0, 0.1) is 5.82 Å². The van der Waals surface area contributed by atoms with Crippen LogP contribution in [0.4, 0.5) is 4.39 Å². The van der Waals surface area contributed by atoms with E-state index in [1.54, 1.807) is 6.07 Å². The molecule has 110 valence electrons. The van der Waals surface area contributed by atoms with E-state index in [1.165, 1.54) is 18.2 Å². The molecule has 0 radical (unpaired) electrons. The molecule has 0 amide bonds. The quantitative estimate of drug-likeness (QED) is 0.939. The van der Waals surface area contributed by atoms with Crippen molar-refractivity contribution in [2.24, 2.45) is 0 Å². The lowest BCUT2D eigenvalue weighted by atomic mass is 10.1. The number of aryl methyl sites for hydroxylation is 1. The Morgan fingerprint density at radius 1 is 1.19 bits per heavy atom. The van der Waals surface area contributed by atoms with Gasteiger partial charge in [0, 0.05) is 11.1 Å².